The molecule has 0 N–H and O–H groups in total. The van der Waals surface area contributed by atoms with E-state index in [1.807, 2.05) is 30.6 Å². The fourth-order valence-corrected chi connectivity index (χ4v) is 6.22. The van der Waals surface area contributed by atoms with Crippen LogP contribution in [0, 0.1) is 0 Å². The SMILES string of the molecule is c1ccc(-n2c3cc(-c4ccc(-c5ncco5)nc4)ccc3c3c4ccccc4c(-c4ccc(-c5ncco5)nc4)cc32)cc1. The maximum Gasteiger partial charge on any atom is 0.244 e. The average molecular weight is 582 g/mol. The third kappa shape index (κ3) is 4.13. The minimum absolute atomic E-state index is 0.504. The van der Waals surface area contributed by atoms with Gasteiger partial charge < -0.3 is 13.4 Å². The molecular formula is C38H23N5O2. The molecule has 5 aromatic heterocycles. The summed E-state index contributed by atoms with van der Waals surface area (Å²) in [4.78, 5) is 17.8. The van der Waals surface area contributed by atoms with Crippen LogP contribution in [0.15, 0.2) is 149 Å². The normalized spacial score (nSPS) is 11.6. The fourth-order valence-electron chi connectivity index (χ4n) is 6.22. The maximum absolute atomic E-state index is 5.47. The van der Waals surface area contributed by atoms with E-state index in [1.165, 1.54) is 16.2 Å². The summed E-state index contributed by atoms with van der Waals surface area (Å²) in [5.41, 5.74) is 8.94. The summed E-state index contributed by atoms with van der Waals surface area (Å²) in [5.74, 6) is 1.01. The Morgan fingerprint density at radius 2 is 1.13 bits per heavy atom. The van der Waals surface area contributed by atoms with Crippen LogP contribution in [0.3, 0.4) is 0 Å². The molecule has 9 aromatic rings. The van der Waals surface area contributed by atoms with Crippen LogP contribution in [0.1, 0.15) is 0 Å². The number of pyridine rings is 2. The maximum atomic E-state index is 5.47. The first-order valence-corrected chi connectivity index (χ1v) is 14.6. The highest BCUT2D eigenvalue weighted by Gasteiger charge is 2.19. The Kier molecular flexibility index (Phi) is 5.67. The van der Waals surface area contributed by atoms with E-state index in [0.717, 1.165) is 44.4 Å². The molecule has 0 aliphatic carbocycles. The van der Waals surface area contributed by atoms with Crippen molar-refractivity contribution in [3.8, 4) is 51.1 Å². The number of rotatable bonds is 5. The van der Waals surface area contributed by atoms with Crippen molar-refractivity contribution in [3.63, 3.8) is 0 Å². The summed E-state index contributed by atoms with van der Waals surface area (Å²) in [7, 11) is 0. The predicted molar refractivity (Wildman–Crippen MR) is 176 cm³/mol. The molecule has 4 aromatic carbocycles. The van der Waals surface area contributed by atoms with Crippen molar-refractivity contribution in [1.82, 2.24) is 24.5 Å². The number of fused-ring (bicyclic) bond motifs is 5. The Morgan fingerprint density at radius 1 is 0.489 bits per heavy atom. The van der Waals surface area contributed by atoms with E-state index in [4.69, 9.17) is 13.8 Å². The second-order valence-electron chi connectivity index (χ2n) is 10.8. The van der Waals surface area contributed by atoms with Crippen LogP contribution in [0.5, 0.6) is 0 Å². The van der Waals surface area contributed by atoms with Crippen LogP contribution in [0.2, 0.25) is 0 Å². The van der Waals surface area contributed by atoms with Gasteiger partial charge in [0, 0.05) is 40.0 Å². The van der Waals surface area contributed by atoms with Crippen molar-refractivity contribution in [2.45, 2.75) is 0 Å². The lowest BCUT2D eigenvalue weighted by molar-refractivity contribution is 0.572. The first-order valence-electron chi connectivity index (χ1n) is 14.6. The fraction of sp³-hybridized carbons (Fsp3) is 0. The van der Waals surface area contributed by atoms with E-state index in [0.29, 0.717) is 23.2 Å². The molecule has 0 aliphatic rings. The number of benzene rings is 4. The molecule has 45 heavy (non-hydrogen) atoms. The Balaban J connectivity index is 1.28. The van der Waals surface area contributed by atoms with E-state index in [9.17, 15) is 0 Å². The average Bonchev–Trinajstić information content (AvgIpc) is 3.90. The van der Waals surface area contributed by atoms with Gasteiger partial charge in [0.1, 0.15) is 23.9 Å². The van der Waals surface area contributed by atoms with Gasteiger partial charge in [-0.3, -0.25) is 9.97 Å². The highest BCUT2D eigenvalue weighted by molar-refractivity contribution is 6.24. The van der Waals surface area contributed by atoms with Crippen molar-refractivity contribution >= 4 is 32.6 Å². The summed E-state index contributed by atoms with van der Waals surface area (Å²) in [5, 5.41) is 4.74. The predicted octanol–water partition coefficient (Wildman–Crippen LogP) is 9.37. The number of oxazole rings is 2. The van der Waals surface area contributed by atoms with Crippen LogP contribution in [-0.4, -0.2) is 24.5 Å². The van der Waals surface area contributed by atoms with Crippen molar-refractivity contribution in [2.24, 2.45) is 0 Å². The standard InChI is InChI=1S/C38H23N5O2/c1-2-6-27(7-3-1)43-34-20-24(25-11-14-32(41-22-25)37-39-16-18-44-37)10-13-30(34)36-29-9-5-4-8-28(29)31(21-35(36)43)26-12-15-33(42-23-26)38-40-17-19-45-38/h1-23H. The van der Waals surface area contributed by atoms with E-state index in [2.05, 4.69) is 104 Å². The van der Waals surface area contributed by atoms with Gasteiger partial charge in [-0.25, -0.2) is 9.97 Å². The van der Waals surface area contributed by atoms with Gasteiger partial charge in [0.15, 0.2) is 0 Å². The Morgan fingerprint density at radius 3 is 1.78 bits per heavy atom. The van der Waals surface area contributed by atoms with Crippen molar-refractivity contribution < 1.29 is 8.83 Å². The number of para-hydroxylation sites is 1. The van der Waals surface area contributed by atoms with Crippen molar-refractivity contribution in [1.29, 1.82) is 0 Å². The van der Waals surface area contributed by atoms with Crippen LogP contribution < -0.4 is 0 Å². The van der Waals surface area contributed by atoms with Gasteiger partial charge in [-0.05, 0) is 58.3 Å². The van der Waals surface area contributed by atoms with Gasteiger partial charge >= 0.3 is 0 Å². The van der Waals surface area contributed by atoms with Gasteiger partial charge in [0.05, 0.1) is 23.4 Å². The lowest BCUT2D eigenvalue weighted by Crippen LogP contribution is -1.94. The monoisotopic (exact) mass is 581 g/mol. The quantitative estimate of drug-likeness (QED) is 0.201. The first kappa shape index (κ1) is 25.2. The lowest BCUT2D eigenvalue weighted by Gasteiger charge is -2.12. The molecule has 0 fully saturated rings. The Bertz CT molecular complexity index is 2450. The number of aromatic nitrogens is 5. The zero-order valence-electron chi connectivity index (χ0n) is 23.8. The molecular weight excluding hydrogens is 558 g/mol. The topological polar surface area (TPSA) is 82.8 Å². The van der Waals surface area contributed by atoms with Gasteiger partial charge in [-0.1, -0.05) is 66.7 Å². The molecule has 0 saturated heterocycles. The molecule has 0 bridgehead atoms. The number of hydrogen-bond acceptors (Lipinski definition) is 6. The third-order valence-electron chi connectivity index (χ3n) is 8.26. The largest absolute Gasteiger partial charge is 0.443 e. The van der Waals surface area contributed by atoms with Gasteiger partial charge in [-0.2, -0.15) is 0 Å². The summed E-state index contributed by atoms with van der Waals surface area (Å²) in [6.45, 7) is 0. The minimum Gasteiger partial charge on any atom is -0.443 e. The number of hydrogen-bond donors (Lipinski definition) is 0. The third-order valence-corrected chi connectivity index (χ3v) is 8.26. The molecule has 0 aliphatic heterocycles. The molecule has 9 rings (SSSR count). The summed E-state index contributed by atoms with van der Waals surface area (Å²) in [6, 6.07) is 36.1. The molecule has 212 valence electrons. The molecule has 0 spiro atoms. The van der Waals surface area contributed by atoms with E-state index >= 15 is 0 Å². The highest BCUT2D eigenvalue weighted by atomic mass is 16.3. The summed E-state index contributed by atoms with van der Waals surface area (Å²) >= 11 is 0. The minimum atomic E-state index is 0.504. The summed E-state index contributed by atoms with van der Waals surface area (Å²) in [6.07, 6.45) is 10.1. The summed E-state index contributed by atoms with van der Waals surface area (Å²) < 4.78 is 13.3. The molecule has 5 heterocycles. The van der Waals surface area contributed by atoms with E-state index in [-0.39, 0.29) is 0 Å². The van der Waals surface area contributed by atoms with Crippen LogP contribution in [-0.2, 0) is 0 Å². The van der Waals surface area contributed by atoms with Gasteiger partial charge in [0.2, 0.25) is 11.8 Å². The number of nitrogens with zero attached hydrogens (tertiary/aromatic N) is 5. The first-order chi connectivity index (χ1) is 22.3. The zero-order chi connectivity index (χ0) is 29.7. The van der Waals surface area contributed by atoms with Crippen LogP contribution in [0.25, 0.3) is 83.7 Å². The van der Waals surface area contributed by atoms with Crippen LogP contribution >= 0.6 is 0 Å². The lowest BCUT2D eigenvalue weighted by atomic mass is 9.95. The Labute approximate surface area is 257 Å². The smallest absolute Gasteiger partial charge is 0.244 e. The molecule has 7 heteroatoms. The Hall–Kier alpha value is -6.34. The van der Waals surface area contributed by atoms with Gasteiger partial charge in [0.25, 0.3) is 0 Å². The van der Waals surface area contributed by atoms with E-state index in [1.54, 1.807) is 24.9 Å². The van der Waals surface area contributed by atoms with Crippen molar-refractivity contribution in [3.05, 3.63) is 140 Å². The second kappa shape index (κ2) is 10.1. The van der Waals surface area contributed by atoms with Gasteiger partial charge in [-0.15, -0.1) is 0 Å². The van der Waals surface area contributed by atoms with Crippen molar-refractivity contribution in [2.75, 3.05) is 0 Å². The molecule has 0 radical (unpaired) electrons. The molecule has 0 unspecified atom stereocenters. The molecule has 0 saturated carbocycles. The highest BCUT2D eigenvalue weighted by Crippen LogP contribution is 2.42. The molecule has 0 atom stereocenters. The molecule has 7 nitrogen and oxygen atoms in total. The zero-order valence-corrected chi connectivity index (χ0v) is 23.8. The van der Waals surface area contributed by atoms with E-state index < -0.39 is 0 Å². The molecule has 0 amide bonds. The second-order valence-corrected chi connectivity index (χ2v) is 10.8. The van der Waals surface area contributed by atoms with Crippen LogP contribution in [0.4, 0.5) is 0 Å².